The second-order valence-electron chi connectivity index (χ2n) is 6.58. The third-order valence-corrected chi connectivity index (χ3v) is 3.27. The molecule has 3 nitrogen and oxygen atoms in total. The molecule has 1 atom stereocenters. The number of piperidine rings is 1. The lowest BCUT2D eigenvalue weighted by atomic mass is 9.79. The molecule has 1 rings (SSSR count). The molecule has 0 aromatic rings. The third kappa shape index (κ3) is 4.40. The van der Waals surface area contributed by atoms with Gasteiger partial charge in [0.15, 0.2) is 0 Å². The smallest absolute Gasteiger partial charge is 0.0445 e. The number of aliphatic hydroxyl groups is 1. The van der Waals surface area contributed by atoms with Gasteiger partial charge >= 0.3 is 0 Å². The maximum absolute atomic E-state index is 8.92. The molecule has 1 aliphatic heterocycles. The number of hydrogen-bond acceptors (Lipinski definition) is 3. The van der Waals surface area contributed by atoms with Crippen molar-refractivity contribution in [2.45, 2.75) is 77.0 Å². The molecule has 0 amide bonds. The maximum atomic E-state index is 8.92. The van der Waals surface area contributed by atoms with Gasteiger partial charge in [0.2, 0.25) is 0 Å². The van der Waals surface area contributed by atoms with Crippen LogP contribution >= 0.6 is 0 Å². The SMILES string of the molecule is CC(CCO)NC1CC(C)(C)NC(C)(C)C1. The molecule has 1 aliphatic rings. The average Bonchev–Trinajstić information content (AvgIpc) is 1.96. The molecular weight excluding hydrogens is 200 g/mol. The summed E-state index contributed by atoms with van der Waals surface area (Å²) in [4.78, 5) is 0. The zero-order valence-electron chi connectivity index (χ0n) is 11.4. The zero-order valence-corrected chi connectivity index (χ0v) is 11.4. The van der Waals surface area contributed by atoms with Gasteiger partial charge in [-0.2, -0.15) is 0 Å². The highest BCUT2D eigenvalue weighted by atomic mass is 16.3. The van der Waals surface area contributed by atoms with Crippen LogP contribution in [0.25, 0.3) is 0 Å². The molecule has 1 heterocycles. The van der Waals surface area contributed by atoms with Crippen LogP contribution in [0.15, 0.2) is 0 Å². The minimum Gasteiger partial charge on any atom is -0.396 e. The Labute approximate surface area is 100 Å². The molecule has 0 aliphatic carbocycles. The molecule has 0 radical (unpaired) electrons. The first-order valence-corrected chi connectivity index (χ1v) is 6.40. The van der Waals surface area contributed by atoms with Crippen molar-refractivity contribution >= 4 is 0 Å². The normalized spacial score (nSPS) is 26.6. The second-order valence-corrected chi connectivity index (χ2v) is 6.58. The Hall–Kier alpha value is -0.120. The molecule has 1 saturated heterocycles. The second kappa shape index (κ2) is 5.03. The van der Waals surface area contributed by atoms with Crippen LogP contribution in [0.2, 0.25) is 0 Å². The van der Waals surface area contributed by atoms with Gasteiger partial charge in [-0.3, -0.25) is 0 Å². The number of rotatable bonds is 4. The molecule has 1 unspecified atom stereocenters. The highest BCUT2D eigenvalue weighted by molar-refractivity contribution is 4.99. The summed E-state index contributed by atoms with van der Waals surface area (Å²) in [5, 5.41) is 16.2. The van der Waals surface area contributed by atoms with Gasteiger partial charge in [-0.15, -0.1) is 0 Å². The van der Waals surface area contributed by atoms with Crippen LogP contribution in [0.3, 0.4) is 0 Å². The molecule has 0 saturated carbocycles. The van der Waals surface area contributed by atoms with Gasteiger partial charge in [-0.1, -0.05) is 0 Å². The molecule has 0 spiro atoms. The Morgan fingerprint density at radius 1 is 1.25 bits per heavy atom. The number of hydrogen-bond donors (Lipinski definition) is 3. The van der Waals surface area contributed by atoms with Crippen LogP contribution in [0.5, 0.6) is 0 Å². The zero-order chi connectivity index (χ0) is 12.4. The summed E-state index contributed by atoms with van der Waals surface area (Å²) in [6.45, 7) is 11.5. The van der Waals surface area contributed by atoms with E-state index in [9.17, 15) is 0 Å². The lowest BCUT2D eigenvalue weighted by Crippen LogP contribution is -2.62. The van der Waals surface area contributed by atoms with Crippen molar-refractivity contribution in [3.8, 4) is 0 Å². The van der Waals surface area contributed by atoms with E-state index in [4.69, 9.17) is 5.11 Å². The molecule has 3 heteroatoms. The van der Waals surface area contributed by atoms with Crippen LogP contribution in [0.1, 0.15) is 53.9 Å². The van der Waals surface area contributed by atoms with E-state index in [1.165, 1.54) is 0 Å². The van der Waals surface area contributed by atoms with E-state index < -0.39 is 0 Å². The van der Waals surface area contributed by atoms with Gasteiger partial charge in [0.05, 0.1) is 0 Å². The summed E-state index contributed by atoms with van der Waals surface area (Å²) in [6.07, 6.45) is 3.13. The molecule has 1 fully saturated rings. The topological polar surface area (TPSA) is 44.3 Å². The van der Waals surface area contributed by atoms with Crippen molar-refractivity contribution in [2.75, 3.05) is 6.61 Å². The van der Waals surface area contributed by atoms with E-state index >= 15 is 0 Å². The van der Waals surface area contributed by atoms with Crippen LogP contribution in [0, 0.1) is 0 Å². The van der Waals surface area contributed by atoms with Crippen molar-refractivity contribution in [1.29, 1.82) is 0 Å². The van der Waals surface area contributed by atoms with E-state index in [1.54, 1.807) is 0 Å². The van der Waals surface area contributed by atoms with Gasteiger partial charge in [-0.25, -0.2) is 0 Å². The lowest BCUT2D eigenvalue weighted by Gasteiger charge is -2.47. The number of nitrogens with one attached hydrogen (secondary N) is 2. The fourth-order valence-corrected chi connectivity index (χ4v) is 3.12. The minimum absolute atomic E-state index is 0.193. The van der Waals surface area contributed by atoms with Gasteiger partial charge in [0.25, 0.3) is 0 Å². The van der Waals surface area contributed by atoms with E-state index in [0.717, 1.165) is 19.3 Å². The van der Waals surface area contributed by atoms with Crippen molar-refractivity contribution < 1.29 is 5.11 Å². The van der Waals surface area contributed by atoms with Gasteiger partial charge in [0.1, 0.15) is 0 Å². The van der Waals surface area contributed by atoms with Crippen molar-refractivity contribution in [3.63, 3.8) is 0 Å². The van der Waals surface area contributed by atoms with Crippen LogP contribution in [-0.2, 0) is 0 Å². The van der Waals surface area contributed by atoms with E-state index in [2.05, 4.69) is 45.3 Å². The monoisotopic (exact) mass is 228 g/mol. The summed E-state index contributed by atoms with van der Waals surface area (Å²) in [5.41, 5.74) is 0.386. The molecule has 16 heavy (non-hydrogen) atoms. The summed E-state index contributed by atoms with van der Waals surface area (Å²) < 4.78 is 0. The minimum atomic E-state index is 0.193. The standard InChI is InChI=1S/C13H28N2O/c1-10(6-7-16)14-11-8-12(2,3)15-13(4,5)9-11/h10-11,14-16H,6-9H2,1-5H3. The average molecular weight is 228 g/mol. The quantitative estimate of drug-likeness (QED) is 0.685. The predicted octanol–water partition coefficient (Wildman–Crippen LogP) is 1.66. The van der Waals surface area contributed by atoms with Crippen LogP contribution in [0.4, 0.5) is 0 Å². The van der Waals surface area contributed by atoms with Crippen LogP contribution < -0.4 is 10.6 Å². The molecule has 0 bridgehead atoms. The maximum Gasteiger partial charge on any atom is 0.0445 e. The first kappa shape index (κ1) is 13.9. The van der Waals surface area contributed by atoms with E-state index in [0.29, 0.717) is 12.1 Å². The Balaban J connectivity index is 2.54. The Bertz CT molecular complexity index is 210. The van der Waals surface area contributed by atoms with Gasteiger partial charge in [-0.05, 0) is 53.9 Å². The molecule has 3 N–H and O–H groups in total. The molecular formula is C13H28N2O. The molecule has 0 aromatic heterocycles. The molecule has 0 aromatic carbocycles. The summed E-state index contributed by atoms with van der Waals surface area (Å²) in [5.74, 6) is 0. The Morgan fingerprint density at radius 2 is 1.75 bits per heavy atom. The first-order chi connectivity index (χ1) is 7.24. The summed E-state index contributed by atoms with van der Waals surface area (Å²) >= 11 is 0. The third-order valence-electron chi connectivity index (χ3n) is 3.27. The number of aliphatic hydroxyl groups excluding tert-OH is 1. The fraction of sp³-hybridized carbons (Fsp3) is 1.00. The van der Waals surface area contributed by atoms with E-state index in [1.807, 2.05) is 0 Å². The summed E-state index contributed by atoms with van der Waals surface area (Å²) in [7, 11) is 0. The Kier molecular flexibility index (Phi) is 4.38. The van der Waals surface area contributed by atoms with Crippen LogP contribution in [-0.4, -0.2) is 34.9 Å². The highest BCUT2D eigenvalue weighted by Crippen LogP contribution is 2.28. The fourth-order valence-electron chi connectivity index (χ4n) is 3.12. The van der Waals surface area contributed by atoms with Crippen molar-refractivity contribution in [2.24, 2.45) is 0 Å². The van der Waals surface area contributed by atoms with Crippen molar-refractivity contribution in [1.82, 2.24) is 10.6 Å². The lowest BCUT2D eigenvalue weighted by molar-refractivity contribution is 0.137. The highest BCUT2D eigenvalue weighted by Gasteiger charge is 2.37. The largest absolute Gasteiger partial charge is 0.396 e. The molecule has 96 valence electrons. The van der Waals surface area contributed by atoms with Gasteiger partial charge in [0, 0.05) is 29.8 Å². The van der Waals surface area contributed by atoms with E-state index in [-0.39, 0.29) is 17.7 Å². The van der Waals surface area contributed by atoms with Gasteiger partial charge < -0.3 is 15.7 Å². The van der Waals surface area contributed by atoms with Crippen molar-refractivity contribution in [3.05, 3.63) is 0 Å². The first-order valence-electron chi connectivity index (χ1n) is 6.40. The predicted molar refractivity (Wildman–Crippen MR) is 68.6 cm³/mol. The summed E-state index contributed by atoms with van der Waals surface area (Å²) in [6, 6.07) is 0.951. The Morgan fingerprint density at radius 3 is 2.19 bits per heavy atom.